The zero-order valence-electron chi connectivity index (χ0n) is 31.0. The van der Waals surface area contributed by atoms with Crippen molar-refractivity contribution in [2.75, 3.05) is 0 Å². The SMILES string of the molecule is CC(C)(C)c1cc(-c2cc(C3=CC4C=CC=CC4S3)c3ccsc3n2)[c-]c2ccccc12.CCC(C)(CC)C(=O)/C=C(\O)C(C)(CC)CC.[Ir]. The van der Waals surface area contributed by atoms with Gasteiger partial charge in [-0.05, 0) is 48.1 Å². The third-order valence-electron chi connectivity index (χ3n) is 10.9. The molecule has 0 saturated carbocycles. The average Bonchev–Trinajstić information content (AvgIpc) is 3.77. The van der Waals surface area contributed by atoms with Crippen molar-refractivity contribution in [3.05, 3.63) is 107 Å². The third kappa shape index (κ3) is 8.31. The number of benzene rings is 2. The number of thioether (sulfide) groups is 1. The molecule has 2 atom stereocenters. The van der Waals surface area contributed by atoms with Gasteiger partial charge in [0.05, 0.1) is 0 Å². The molecule has 1 N–H and O–H groups in total. The van der Waals surface area contributed by atoms with Crippen LogP contribution in [0.25, 0.3) is 37.2 Å². The Bertz CT molecular complexity index is 1950. The number of aromatic nitrogens is 1. The number of rotatable bonds is 9. The fourth-order valence-corrected chi connectivity index (χ4v) is 8.46. The molecule has 0 amide bonds. The van der Waals surface area contributed by atoms with Gasteiger partial charge >= 0.3 is 0 Å². The number of nitrogens with zero attached hydrogens (tertiary/aromatic N) is 1. The molecule has 3 heterocycles. The summed E-state index contributed by atoms with van der Waals surface area (Å²) in [6, 6.07) is 19.1. The van der Waals surface area contributed by atoms with Crippen LogP contribution < -0.4 is 0 Å². The zero-order chi connectivity index (χ0) is 35.6. The van der Waals surface area contributed by atoms with Gasteiger partial charge in [-0.3, -0.25) is 9.78 Å². The van der Waals surface area contributed by atoms with Gasteiger partial charge in [0.1, 0.15) is 10.6 Å². The predicted octanol–water partition coefficient (Wildman–Crippen LogP) is 13.1. The summed E-state index contributed by atoms with van der Waals surface area (Å²) in [5, 5.41) is 16.5. The second kappa shape index (κ2) is 16.3. The molecule has 3 nitrogen and oxygen atoms in total. The molecule has 0 saturated heterocycles. The number of hydrogen-bond acceptors (Lipinski definition) is 5. The van der Waals surface area contributed by atoms with E-state index in [0.717, 1.165) is 47.2 Å². The zero-order valence-corrected chi connectivity index (χ0v) is 35.0. The standard InChI is InChI=1S/C29H24NS2.C15H28O2.Ir/c1-29(2,3)24-15-20(14-18-8-4-6-10-21(18)24)25-17-23(22-12-13-31-28(22)30-25)27-16-19-9-5-7-11-26(19)32-27;1-7-14(5,8-2)12(16)11-13(17)15(6,9-3)10-4;/h4-13,15-17,19,26H,1-3H3;11,16H,7-10H2,1-6H3;/q-1;;/b;12-11-;. The van der Waals surface area contributed by atoms with E-state index in [4.69, 9.17) is 4.98 Å². The fraction of sp³-hybridized carbons (Fsp3) is 0.409. The van der Waals surface area contributed by atoms with E-state index >= 15 is 0 Å². The van der Waals surface area contributed by atoms with Crippen molar-refractivity contribution >= 4 is 54.8 Å². The molecule has 2 unspecified atom stereocenters. The molecule has 2 aliphatic rings. The van der Waals surface area contributed by atoms with E-state index in [1.165, 1.54) is 32.9 Å². The number of aliphatic hydroxyl groups is 1. The monoisotopic (exact) mass is 883 g/mol. The van der Waals surface area contributed by atoms with Crippen molar-refractivity contribution in [2.24, 2.45) is 16.7 Å². The Morgan fingerprint density at radius 3 is 2.20 bits per heavy atom. The molecular formula is C44H52IrNO2S2-. The molecule has 1 aliphatic heterocycles. The molecule has 2 aromatic carbocycles. The maximum atomic E-state index is 12.2. The normalized spacial score (nSPS) is 17.6. The number of ketones is 1. The minimum atomic E-state index is -0.337. The first-order valence-electron chi connectivity index (χ1n) is 17.8. The average molecular weight is 883 g/mol. The summed E-state index contributed by atoms with van der Waals surface area (Å²) in [5.74, 6) is 0.763. The molecule has 1 radical (unpaired) electrons. The smallest absolute Gasteiger partial charge is 0.164 e. The minimum Gasteiger partial charge on any atom is -0.512 e. The summed E-state index contributed by atoms with van der Waals surface area (Å²) in [4.78, 5) is 19.7. The van der Waals surface area contributed by atoms with Gasteiger partial charge in [0.25, 0.3) is 0 Å². The van der Waals surface area contributed by atoms with E-state index in [9.17, 15) is 9.90 Å². The number of carbonyl (C=O) groups is 1. The summed E-state index contributed by atoms with van der Waals surface area (Å²) in [6.07, 6.45) is 16.1. The van der Waals surface area contributed by atoms with E-state index in [0.29, 0.717) is 11.2 Å². The summed E-state index contributed by atoms with van der Waals surface area (Å²) < 4.78 is 0. The van der Waals surface area contributed by atoms with Crippen LogP contribution in [0.3, 0.4) is 0 Å². The van der Waals surface area contributed by atoms with Crippen LogP contribution in [0.4, 0.5) is 0 Å². The van der Waals surface area contributed by atoms with E-state index in [-0.39, 0.29) is 47.9 Å². The Balaban J connectivity index is 0.000000269. The van der Waals surface area contributed by atoms with Gasteiger partial charge in [-0.2, -0.15) is 0 Å². The van der Waals surface area contributed by atoms with Gasteiger partial charge < -0.3 is 5.11 Å². The van der Waals surface area contributed by atoms with Gasteiger partial charge in [-0.15, -0.1) is 52.2 Å². The molecule has 4 aromatic rings. The summed E-state index contributed by atoms with van der Waals surface area (Å²) in [5.41, 5.74) is 4.16. The second-order valence-electron chi connectivity index (χ2n) is 15.0. The Kier molecular flexibility index (Phi) is 13.0. The quantitative estimate of drug-likeness (QED) is 0.103. The second-order valence-corrected chi connectivity index (χ2v) is 17.1. The molecular weight excluding hydrogens is 831 g/mol. The van der Waals surface area contributed by atoms with E-state index in [2.05, 4.69) is 105 Å². The first-order chi connectivity index (χ1) is 23.3. The molecule has 0 spiro atoms. The van der Waals surface area contributed by atoms with Crippen molar-refractivity contribution in [3.63, 3.8) is 0 Å². The van der Waals surface area contributed by atoms with Crippen molar-refractivity contribution < 1.29 is 30.0 Å². The Morgan fingerprint density at radius 2 is 1.56 bits per heavy atom. The van der Waals surface area contributed by atoms with Gasteiger partial charge in [0, 0.05) is 64.2 Å². The van der Waals surface area contributed by atoms with Crippen LogP contribution in [-0.2, 0) is 30.3 Å². The van der Waals surface area contributed by atoms with Crippen LogP contribution in [-0.4, -0.2) is 21.1 Å². The first-order valence-corrected chi connectivity index (χ1v) is 19.6. The Labute approximate surface area is 321 Å². The number of carbonyl (C=O) groups excluding carboxylic acids is 1. The summed E-state index contributed by atoms with van der Waals surface area (Å²) >= 11 is 3.69. The Morgan fingerprint density at radius 1 is 0.900 bits per heavy atom. The van der Waals surface area contributed by atoms with Crippen LogP contribution in [0.5, 0.6) is 0 Å². The molecule has 267 valence electrons. The van der Waals surface area contributed by atoms with Crippen molar-refractivity contribution in [1.82, 2.24) is 4.98 Å². The maximum absolute atomic E-state index is 12.2. The summed E-state index contributed by atoms with van der Waals surface area (Å²) in [7, 11) is 0. The van der Waals surface area contributed by atoms with Crippen LogP contribution in [0.15, 0.2) is 90.1 Å². The van der Waals surface area contributed by atoms with Crippen LogP contribution >= 0.6 is 23.1 Å². The minimum absolute atomic E-state index is 0. The maximum Gasteiger partial charge on any atom is 0.164 e. The van der Waals surface area contributed by atoms with Crippen molar-refractivity contribution in [1.29, 1.82) is 0 Å². The number of allylic oxidation sites excluding steroid dienone is 6. The molecule has 6 rings (SSSR count). The fourth-order valence-electron chi connectivity index (χ4n) is 6.35. The van der Waals surface area contributed by atoms with Crippen molar-refractivity contribution in [2.45, 2.75) is 98.7 Å². The molecule has 6 heteroatoms. The van der Waals surface area contributed by atoms with Gasteiger partial charge in [-0.1, -0.05) is 128 Å². The van der Waals surface area contributed by atoms with Crippen LogP contribution in [0, 0.1) is 22.8 Å². The van der Waals surface area contributed by atoms with Gasteiger partial charge in [0.2, 0.25) is 0 Å². The largest absolute Gasteiger partial charge is 0.512 e. The third-order valence-corrected chi connectivity index (χ3v) is 13.1. The number of fused-ring (bicyclic) bond motifs is 3. The molecule has 50 heavy (non-hydrogen) atoms. The van der Waals surface area contributed by atoms with Crippen LogP contribution in [0.2, 0.25) is 0 Å². The number of thiophene rings is 1. The van der Waals surface area contributed by atoms with Crippen LogP contribution in [0.1, 0.15) is 99.1 Å². The number of aliphatic hydroxyl groups excluding tert-OH is 1. The number of pyridine rings is 1. The molecule has 2 aromatic heterocycles. The Hall–Kier alpha value is -2.76. The summed E-state index contributed by atoms with van der Waals surface area (Å²) in [6.45, 7) is 18.9. The molecule has 0 fully saturated rings. The van der Waals surface area contributed by atoms with Crippen molar-refractivity contribution in [3.8, 4) is 11.3 Å². The van der Waals surface area contributed by atoms with E-state index < -0.39 is 0 Å². The van der Waals surface area contributed by atoms with E-state index in [1.807, 2.05) is 53.3 Å². The van der Waals surface area contributed by atoms with Gasteiger partial charge in [0.15, 0.2) is 5.78 Å². The molecule has 0 bridgehead atoms. The predicted molar refractivity (Wildman–Crippen MR) is 214 cm³/mol. The van der Waals surface area contributed by atoms with E-state index in [1.54, 1.807) is 11.3 Å². The number of hydrogen-bond donors (Lipinski definition) is 1. The van der Waals surface area contributed by atoms with Gasteiger partial charge in [-0.25, -0.2) is 0 Å². The molecule has 1 aliphatic carbocycles. The topological polar surface area (TPSA) is 50.2 Å². The first kappa shape index (κ1) is 40.0.